The van der Waals surface area contributed by atoms with Gasteiger partial charge in [0.05, 0.1) is 32.9 Å². The van der Waals surface area contributed by atoms with E-state index in [1.54, 1.807) is 44.4 Å². The fourth-order valence-corrected chi connectivity index (χ4v) is 3.25. The number of methoxy groups -OCH3 is 3. The zero-order valence-electron chi connectivity index (χ0n) is 16.4. The fourth-order valence-electron chi connectivity index (χ4n) is 3.25. The Morgan fingerprint density at radius 2 is 1.71 bits per heavy atom. The molecule has 1 atom stereocenters. The number of amides is 2. The Hall–Kier alpha value is -3.22. The third kappa shape index (κ3) is 4.03. The van der Waals surface area contributed by atoms with Gasteiger partial charge in [0.25, 0.3) is 0 Å². The molecule has 28 heavy (non-hydrogen) atoms. The van der Waals surface area contributed by atoms with Gasteiger partial charge in [-0.1, -0.05) is 6.07 Å². The molecule has 0 aliphatic carbocycles. The third-order valence-corrected chi connectivity index (χ3v) is 4.74. The molecular weight excluding hydrogens is 360 g/mol. The highest BCUT2D eigenvalue weighted by atomic mass is 16.5. The van der Waals surface area contributed by atoms with Gasteiger partial charge in [-0.15, -0.1) is 0 Å². The number of benzene rings is 2. The van der Waals surface area contributed by atoms with E-state index < -0.39 is 5.92 Å². The number of nitrogens with zero attached hydrogens (tertiary/aromatic N) is 1. The van der Waals surface area contributed by atoms with Crippen molar-refractivity contribution in [3.05, 3.63) is 42.0 Å². The Morgan fingerprint density at radius 3 is 2.32 bits per heavy atom. The van der Waals surface area contributed by atoms with Crippen molar-refractivity contribution in [1.29, 1.82) is 0 Å². The van der Waals surface area contributed by atoms with E-state index in [1.165, 1.54) is 0 Å². The molecule has 0 bridgehead atoms. The van der Waals surface area contributed by atoms with Gasteiger partial charge in [0, 0.05) is 36.9 Å². The zero-order valence-corrected chi connectivity index (χ0v) is 16.4. The number of aryl methyl sites for hydroxylation is 1. The summed E-state index contributed by atoms with van der Waals surface area (Å²) in [6.45, 7) is 2.25. The number of hydrogen-bond acceptors (Lipinski definition) is 5. The van der Waals surface area contributed by atoms with Crippen molar-refractivity contribution < 1.29 is 23.8 Å². The third-order valence-electron chi connectivity index (χ3n) is 4.74. The second kappa shape index (κ2) is 8.21. The molecule has 1 saturated heterocycles. The van der Waals surface area contributed by atoms with Crippen molar-refractivity contribution in [2.24, 2.45) is 5.92 Å². The van der Waals surface area contributed by atoms with Crippen molar-refractivity contribution in [3.63, 3.8) is 0 Å². The summed E-state index contributed by atoms with van der Waals surface area (Å²) in [5.41, 5.74) is 2.26. The van der Waals surface area contributed by atoms with Crippen LogP contribution in [-0.4, -0.2) is 39.7 Å². The van der Waals surface area contributed by atoms with Gasteiger partial charge in [-0.25, -0.2) is 0 Å². The van der Waals surface area contributed by atoms with Gasteiger partial charge in [0.1, 0.15) is 17.2 Å². The molecule has 0 saturated carbocycles. The van der Waals surface area contributed by atoms with Crippen LogP contribution in [0, 0.1) is 12.8 Å². The van der Waals surface area contributed by atoms with E-state index >= 15 is 0 Å². The lowest BCUT2D eigenvalue weighted by Crippen LogP contribution is -2.28. The van der Waals surface area contributed by atoms with E-state index in [-0.39, 0.29) is 18.2 Å². The lowest BCUT2D eigenvalue weighted by molar-refractivity contribution is -0.122. The van der Waals surface area contributed by atoms with Crippen LogP contribution in [0.15, 0.2) is 36.4 Å². The largest absolute Gasteiger partial charge is 0.497 e. The Labute approximate surface area is 164 Å². The SMILES string of the molecule is COc1cc(NC(=O)[C@@H]2CC(=O)N(c3cc(C)ccc3OC)C2)cc(OC)c1. The Kier molecular flexibility index (Phi) is 5.73. The second-order valence-electron chi connectivity index (χ2n) is 6.67. The first-order valence-electron chi connectivity index (χ1n) is 8.94. The minimum atomic E-state index is -0.463. The van der Waals surface area contributed by atoms with Gasteiger partial charge >= 0.3 is 0 Å². The summed E-state index contributed by atoms with van der Waals surface area (Å²) < 4.78 is 15.8. The number of rotatable bonds is 6. The van der Waals surface area contributed by atoms with Crippen LogP contribution in [0.4, 0.5) is 11.4 Å². The van der Waals surface area contributed by atoms with Crippen LogP contribution in [0.25, 0.3) is 0 Å². The van der Waals surface area contributed by atoms with Gasteiger partial charge < -0.3 is 24.4 Å². The lowest BCUT2D eigenvalue weighted by Gasteiger charge is -2.20. The quantitative estimate of drug-likeness (QED) is 0.828. The van der Waals surface area contributed by atoms with E-state index in [0.29, 0.717) is 35.2 Å². The first kappa shape index (κ1) is 19.5. The van der Waals surface area contributed by atoms with E-state index in [1.807, 2.05) is 25.1 Å². The maximum absolute atomic E-state index is 12.8. The molecule has 1 aliphatic rings. The number of carbonyl (C=O) groups excluding carboxylic acids is 2. The average Bonchev–Trinajstić information content (AvgIpc) is 3.09. The van der Waals surface area contributed by atoms with Crippen molar-refractivity contribution in [1.82, 2.24) is 0 Å². The monoisotopic (exact) mass is 384 g/mol. The molecule has 1 aliphatic heterocycles. The molecule has 7 nitrogen and oxygen atoms in total. The zero-order chi connectivity index (χ0) is 20.3. The van der Waals surface area contributed by atoms with Crippen LogP contribution in [0.5, 0.6) is 17.2 Å². The van der Waals surface area contributed by atoms with Crippen molar-refractivity contribution in [2.75, 3.05) is 38.1 Å². The molecule has 0 radical (unpaired) electrons. The Balaban J connectivity index is 1.77. The number of nitrogens with one attached hydrogen (secondary N) is 1. The number of ether oxygens (including phenoxy) is 3. The molecule has 148 valence electrons. The molecule has 1 fully saturated rings. The summed E-state index contributed by atoms with van der Waals surface area (Å²) in [5, 5.41) is 2.86. The minimum Gasteiger partial charge on any atom is -0.497 e. The van der Waals surface area contributed by atoms with Crippen LogP contribution >= 0.6 is 0 Å². The molecule has 2 amide bonds. The van der Waals surface area contributed by atoms with Crippen LogP contribution in [0.3, 0.4) is 0 Å². The smallest absolute Gasteiger partial charge is 0.229 e. The molecular formula is C21H24N2O5. The van der Waals surface area contributed by atoms with Gasteiger partial charge in [0.2, 0.25) is 11.8 Å². The lowest BCUT2D eigenvalue weighted by atomic mass is 10.1. The summed E-state index contributed by atoms with van der Waals surface area (Å²) in [4.78, 5) is 26.9. The molecule has 2 aromatic rings. The van der Waals surface area contributed by atoms with Gasteiger partial charge in [0.15, 0.2) is 0 Å². The predicted octanol–water partition coefficient (Wildman–Crippen LogP) is 3.01. The second-order valence-corrected chi connectivity index (χ2v) is 6.67. The number of hydrogen-bond donors (Lipinski definition) is 1. The first-order chi connectivity index (χ1) is 13.4. The van der Waals surface area contributed by atoms with Gasteiger partial charge in [-0.2, -0.15) is 0 Å². The highest BCUT2D eigenvalue weighted by molar-refractivity contribution is 6.04. The standard InChI is InChI=1S/C21H24N2O5/c1-13-5-6-19(28-4)18(7-13)23-12-14(8-20(23)24)21(25)22-15-9-16(26-2)11-17(10-15)27-3/h5-7,9-11,14H,8,12H2,1-4H3,(H,22,25)/t14-/m1/s1. The Bertz CT molecular complexity index is 874. The number of carbonyl (C=O) groups is 2. The van der Waals surface area contributed by atoms with Gasteiger partial charge in [-0.05, 0) is 24.6 Å². The number of anilines is 2. The average molecular weight is 384 g/mol. The molecule has 3 rings (SSSR count). The Morgan fingerprint density at radius 1 is 1.04 bits per heavy atom. The van der Waals surface area contributed by atoms with E-state index in [2.05, 4.69) is 5.32 Å². The van der Waals surface area contributed by atoms with Crippen LogP contribution in [0.1, 0.15) is 12.0 Å². The molecule has 0 unspecified atom stereocenters. The molecule has 0 aromatic heterocycles. The van der Waals surface area contributed by atoms with E-state index in [0.717, 1.165) is 5.56 Å². The highest BCUT2D eigenvalue weighted by Gasteiger charge is 2.36. The fraction of sp³-hybridized carbons (Fsp3) is 0.333. The van der Waals surface area contributed by atoms with Crippen LogP contribution in [-0.2, 0) is 9.59 Å². The summed E-state index contributed by atoms with van der Waals surface area (Å²) in [6, 6.07) is 10.8. The van der Waals surface area contributed by atoms with Crippen LogP contribution in [0.2, 0.25) is 0 Å². The van der Waals surface area contributed by atoms with Crippen LogP contribution < -0.4 is 24.4 Å². The predicted molar refractivity (Wildman–Crippen MR) is 106 cm³/mol. The molecule has 2 aromatic carbocycles. The molecule has 1 heterocycles. The van der Waals surface area contributed by atoms with Crippen molar-refractivity contribution in [3.8, 4) is 17.2 Å². The van der Waals surface area contributed by atoms with E-state index in [9.17, 15) is 9.59 Å². The van der Waals surface area contributed by atoms with E-state index in [4.69, 9.17) is 14.2 Å². The van der Waals surface area contributed by atoms with Gasteiger partial charge in [-0.3, -0.25) is 9.59 Å². The first-order valence-corrected chi connectivity index (χ1v) is 8.94. The topological polar surface area (TPSA) is 77.1 Å². The molecule has 1 N–H and O–H groups in total. The maximum atomic E-state index is 12.8. The minimum absolute atomic E-state index is 0.104. The normalized spacial score (nSPS) is 16.1. The van der Waals surface area contributed by atoms with Crippen molar-refractivity contribution >= 4 is 23.2 Å². The van der Waals surface area contributed by atoms with Crippen molar-refractivity contribution in [2.45, 2.75) is 13.3 Å². The molecule has 0 spiro atoms. The molecule has 7 heteroatoms. The maximum Gasteiger partial charge on any atom is 0.229 e. The summed E-state index contributed by atoms with van der Waals surface area (Å²) in [5.74, 6) is 0.962. The summed E-state index contributed by atoms with van der Waals surface area (Å²) >= 11 is 0. The summed E-state index contributed by atoms with van der Waals surface area (Å²) in [7, 11) is 4.65. The summed E-state index contributed by atoms with van der Waals surface area (Å²) in [6.07, 6.45) is 0.143. The highest BCUT2D eigenvalue weighted by Crippen LogP contribution is 2.34.